The summed E-state index contributed by atoms with van der Waals surface area (Å²) in [5.74, 6) is -1.15. The first kappa shape index (κ1) is 19.2. The molecule has 1 aromatic carbocycles. The molecule has 5 nitrogen and oxygen atoms in total. The van der Waals surface area contributed by atoms with E-state index in [-0.39, 0.29) is 11.0 Å². The van der Waals surface area contributed by atoms with Crippen molar-refractivity contribution in [2.45, 2.75) is 25.7 Å². The quantitative estimate of drug-likeness (QED) is 0.542. The number of amides is 4. The number of hydrogen-bond acceptors (Lipinski definition) is 4. The van der Waals surface area contributed by atoms with Gasteiger partial charge in [0.1, 0.15) is 5.57 Å². The molecule has 1 fully saturated rings. The lowest BCUT2D eigenvalue weighted by Crippen LogP contribution is -2.53. The predicted octanol–water partition coefficient (Wildman–Crippen LogP) is 4.08. The van der Waals surface area contributed by atoms with Crippen LogP contribution < -0.4 is 0 Å². The topological polar surface area (TPSA) is 57.7 Å². The van der Waals surface area contributed by atoms with Gasteiger partial charge in [0.25, 0.3) is 11.8 Å². The zero-order valence-corrected chi connectivity index (χ0v) is 16.9. The number of barbiturate groups is 1. The van der Waals surface area contributed by atoms with Gasteiger partial charge in [-0.05, 0) is 23.1 Å². The summed E-state index contributed by atoms with van der Waals surface area (Å²) < 4.78 is 0. The highest BCUT2D eigenvalue weighted by Crippen LogP contribution is 2.42. The van der Waals surface area contributed by atoms with Crippen molar-refractivity contribution in [3.05, 3.63) is 58.5 Å². The van der Waals surface area contributed by atoms with Crippen LogP contribution >= 0.6 is 11.8 Å². The first-order chi connectivity index (χ1) is 12.6. The molecule has 0 N–H and O–H groups in total. The summed E-state index contributed by atoms with van der Waals surface area (Å²) >= 11 is 1.59. The van der Waals surface area contributed by atoms with E-state index in [2.05, 4.69) is 26.8 Å². The van der Waals surface area contributed by atoms with E-state index in [4.69, 9.17) is 0 Å². The molecular formula is C21H22N2O3S. The van der Waals surface area contributed by atoms with Crippen molar-refractivity contribution < 1.29 is 14.4 Å². The number of rotatable bonds is 1. The highest BCUT2D eigenvalue weighted by molar-refractivity contribution is 8.03. The molecule has 27 heavy (non-hydrogen) atoms. The van der Waals surface area contributed by atoms with Gasteiger partial charge >= 0.3 is 6.03 Å². The Bertz CT molecular complexity index is 909. The fourth-order valence-corrected chi connectivity index (χ4v) is 3.83. The second-order valence-electron chi connectivity index (χ2n) is 7.64. The highest BCUT2D eigenvalue weighted by Gasteiger charge is 2.40. The molecule has 0 bridgehead atoms. The Morgan fingerprint density at radius 1 is 0.963 bits per heavy atom. The standard InChI is InChI=1S/C21H22N2O3S/c1-21(2,3)11-10-13-12-15(14-8-6-7-9-16(14)27-13)17-18(24)22(4)20(26)23(5)19(17)25/h6-12H,1-5H3/b11-10+. The summed E-state index contributed by atoms with van der Waals surface area (Å²) in [5, 5.41) is 0. The number of likely N-dealkylation sites (N-methyl/N-ethyl adjacent to an activating group) is 2. The predicted molar refractivity (Wildman–Crippen MR) is 107 cm³/mol. The van der Waals surface area contributed by atoms with Crippen molar-refractivity contribution >= 4 is 35.2 Å². The molecule has 6 heteroatoms. The van der Waals surface area contributed by atoms with Gasteiger partial charge in [-0.3, -0.25) is 19.4 Å². The highest BCUT2D eigenvalue weighted by atomic mass is 32.2. The van der Waals surface area contributed by atoms with Crippen molar-refractivity contribution in [2.24, 2.45) is 5.41 Å². The maximum atomic E-state index is 12.8. The van der Waals surface area contributed by atoms with Crippen LogP contribution in [0.1, 0.15) is 26.3 Å². The molecular weight excluding hydrogens is 360 g/mol. The van der Waals surface area contributed by atoms with Crippen LogP contribution in [0.15, 0.2) is 57.9 Å². The molecule has 3 rings (SSSR count). The summed E-state index contributed by atoms with van der Waals surface area (Å²) in [6, 6.07) is 7.04. The first-order valence-corrected chi connectivity index (χ1v) is 9.44. The van der Waals surface area contributed by atoms with Gasteiger partial charge in [0.2, 0.25) is 0 Å². The van der Waals surface area contributed by atoms with Gasteiger partial charge in [0.15, 0.2) is 0 Å². The van der Waals surface area contributed by atoms with Gasteiger partial charge in [0, 0.05) is 29.5 Å². The minimum Gasteiger partial charge on any atom is -0.268 e. The maximum absolute atomic E-state index is 12.8. The molecule has 1 aromatic rings. The van der Waals surface area contributed by atoms with E-state index in [0.717, 1.165) is 25.2 Å². The largest absolute Gasteiger partial charge is 0.333 e. The smallest absolute Gasteiger partial charge is 0.268 e. The van der Waals surface area contributed by atoms with Gasteiger partial charge in [-0.15, -0.1) is 0 Å². The summed E-state index contributed by atoms with van der Waals surface area (Å²) in [6.07, 6.45) is 5.96. The third kappa shape index (κ3) is 3.62. The van der Waals surface area contributed by atoms with Gasteiger partial charge in [-0.2, -0.15) is 0 Å². The van der Waals surface area contributed by atoms with Gasteiger partial charge in [-0.25, -0.2) is 4.79 Å². The van der Waals surface area contributed by atoms with E-state index in [1.54, 1.807) is 11.8 Å². The minimum absolute atomic E-state index is 0.00893. The average Bonchev–Trinajstić information content (AvgIpc) is 2.62. The molecule has 0 saturated carbocycles. The number of carbonyl (C=O) groups is 3. The average molecular weight is 382 g/mol. The van der Waals surface area contributed by atoms with Crippen LogP contribution in [0.4, 0.5) is 4.79 Å². The number of imide groups is 2. The third-order valence-corrected chi connectivity index (χ3v) is 5.38. The summed E-state index contributed by atoms with van der Waals surface area (Å²) in [5.41, 5.74) is 1.41. The van der Waals surface area contributed by atoms with Crippen molar-refractivity contribution in [3.8, 4) is 0 Å². The van der Waals surface area contributed by atoms with E-state index >= 15 is 0 Å². The number of nitrogens with zero attached hydrogens (tertiary/aromatic N) is 2. The number of allylic oxidation sites excluding steroid dienone is 4. The number of fused-ring (bicyclic) bond motifs is 1. The van der Waals surface area contributed by atoms with Crippen LogP contribution in [0.25, 0.3) is 5.57 Å². The molecule has 2 aliphatic rings. The zero-order chi connectivity index (χ0) is 19.9. The minimum atomic E-state index is -0.621. The third-order valence-electron chi connectivity index (χ3n) is 4.32. The number of urea groups is 1. The van der Waals surface area contributed by atoms with E-state index in [1.165, 1.54) is 14.1 Å². The van der Waals surface area contributed by atoms with E-state index in [9.17, 15) is 14.4 Å². The zero-order valence-electron chi connectivity index (χ0n) is 16.1. The van der Waals surface area contributed by atoms with Gasteiger partial charge in [-0.1, -0.05) is 62.9 Å². The van der Waals surface area contributed by atoms with Gasteiger partial charge < -0.3 is 0 Å². The lowest BCUT2D eigenvalue weighted by molar-refractivity contribution is -0.134. The fraction of sp³-hybridized carbons (Fsp3) is 0.286. The second-order valence-corrected chi connectivity index (χ2v) is 8.76. The van der Waals surface area contributed by atoms with Crippen LogP contribution in [-0.4, -0.2) is 41.7 Å². The Hall–Kier alpha value is -2.60. The van der Waals surface area contributed by atoms with E-state index in [0.29, 0.717) is 5.57 Å². The van der Waals surface area contributed by atoms with Crippen LogP contribution in [0.5, 0.6) is 0 Å². The lowest BCUT2D eigenvalue weighted by atomic mass is 9.94. The molecule has 0 aromatic heterocycles. The van der Waals surface area contributed by atoms with E-state index in [1.807, 2.05) is 36.4 Å². The molecule has 140 valence electrons. The molecule has 0 aliphatic carbocycles. The lowest BCUT2D eigenvalue weighted by Gasteiger charge is -2.31. The van der Waals surface area contributed by atoms with E-state index < -0.39 is 17.8 Å². The summed E-state index contributed by atoms with van der Waals surface area (Å²) in [4.78, 5) is 41.5. The Morgan fingerprint density at radius 2 is 1.56 bits per heavy atom. The van der Waals surface area contributed by atoms with Crippen LogP contribution in [-0.2, 0) is 9.59 Å². The Kier molecular flexibility index (Phi) is 4.86. The maximum Gasteiger partial charge on any atom is 0.333 e. The van der Waals surface area contributed by atoms with Crippen molar-refractivity contribution in [2.75, 3.05) is 14.1 Å². The number of carbonyl (C=O) groups excluding carboxylic acids is 3. The second kappa shape index (κ2) is 6.85. The number of benzene rings is 1. The Morgan fingerprint density at radius 3 is 2.15 bits per heavy atom. The van der Waals surface area contributed by atoms with Crippen LogP contribution in [0, 0.1) is 5.41 Å². The number of hydrogen-bond donors (Lipinski definition) is 0. The molecule has 2 heterocycles. The Labute approximate surface area is 163 Å². The molecule has 0 spiro atoms. The van der Waals surface area contributed by atoms with Crippen molar-refractivity contribution in [1.82, 2.24) is 9.80 Å². The Balaban J connectivity index is 2.21. The molecule has 0 atom stereocenters. The molecule has 0 unspecified atom stereocenters. The molecule has 0 radical (unpaired) electrons. The fourth-order valence-electron chi connectivity index (χ4n) is 2.83. The normalized spacial score (nSPS) is 18.4. The summed E-state index contributed by atoms with van der Waals surface area (Å²) in [7, 11) is 2.78. The molecule has 2 aliphatic heterocycles. The monoisotopic (exact) mass is 382 g/mol. The van der Waals surface area contributed by atoms with Gasteiger partial charge in [0.05, 0.1) is 0 Å². The SMILES string of the molecule is CN1C(=O)C(=C2C=C(/C=C/C(C)(C)C)Sc3ccccc32)C(=O)N(C)C1=O. The molecule has 4 amide bonds. The number of thioether (sulfide) groups is 1. The van der Waals surface area contributed by atoms with Crippen molar-refractivity contribution in [3.63, 3.8) is 0 Å². The molecule has 1 saturated heterocycles. The first-order valence-electron chi connectivity index (χ1n) is 8.62. The van der Waals surface area contributed by atoms with Crippen molar-refractivity contribution in [1.29, 1.82) is 0 Å². The van der Waals surface area contributed by atoms with Crippen LogP contribution in [0.3, 0.4) is 0 Å². The summed E-state index contributed by atoms with van der Waals surface area (Å²) in [6.45, 7) is 6.32. The van der Waals surface area contributed by atoms with Crippen LogP contribution in [0.2, 0.25) is 0 Å².